The number of hydrogen-bond acceptors (Lipinski definition) is 6. The highest BCUT2D eigenvalue weighted by atomic mass is 19.1. The first-order valence-electron chi connectivity index (χ1n) is 11.1. The number of carbonyl (C=O) groups is 1. The lowest BCUT2D eigenvalue weighted by Crippen LogP contribution is -2.46. The Kier molecular flexibility index (Phi) is 6.66. The summed E-state index contributed by atoms with van der Waals surface area (Å²) >= 11 is 0. The third-order valence-electron chi connectivity index (χ3n) is 5.97. The molecule has 2 aliphatic heterocycles. The van der Waals surface area contributed by atoms with Gasteiger partial charge in [0.1, 0.15) is 30.3 Å². The van der Waals surface area contributed by atoms with E-state index in [-0.39, 0.29) is 12.0 Å². The summed E-state index contributed by atoms with van der Waals surface area (Å²) in [6, 6.07) is 9.69. The fraction of sp³-hybridized carbons (Fsp3) is 0.440. The molecule has 2 atom stereocenters. The van der Waals surface area contributed by atoms with Gasteiger partial charge in [-0.15, -0.1) is 0 Å². The highest BCUT2D eigenvalue weighted by Crippen LogP contribution is 2.40. The molecule has 1 fully saturated rings. The largest absolute Gasteiger partial charge is 0.488 e. The molecular weight excluding hydrogens is 425 g/mol. The Labute approximate surface area is 192 Å². The molecule has 0 radical (unpaired) electrons. The van der Waals surface area contributed by atoms with Gasteiger partial charge in [0.15, 0.2) is 0 Å². The van der Waals surface area contributed by atoms with E-state index in [9.17, 15) is 15.2 Å². The average molecular weight is 454 g/mol. The Morgan fingerprint density at radius 1 is 1.36 bits per heavy atom. The van der Waals surface area contributed by atoms with Gasteiger partial charge in [0, 0.05) is 25.1 Å². The van der Waals surface area contributed by atoms with Gasteiger partial charge in [0.05, 0.1) is 11.7 Å². The predicted octanol–water partition coefficient (Wildman–Crippen LogP) is 2.54. The van der Waals surface area contributed by atoms with Crippen molar-refractivity contribution in [1.29, 1.82) is 5.26 Å². The number of carbonyl (C=O) groups excluding carboxylic acids is 1. The number of amides is 1. The summed E-state index contributed by atoms with van der Waals surface area (Å²) in [6.45, 7) is 5.33. The first kappa shape index (κ1) is 23.2. The van der Waals surface area contributed by atoms with E-state index < -0.39 is 29.5 Å². The molecule has 2 aromatic rings. The van der Waals surface area contributed by atoms with Crippen molar-refractivity contribution in [1.82, 2.24) is 10.6 Å². The molecule has 0 spiro atoms. The van der Waals surface area contributed by atoms with Gasteiger partial charge in [0.25, 0.3) is 5.91 Å². The van der Waals surface area contributed by atoms with Crippen LogP contribution >= 0.6 is 0 Å². The summed E-state index contributed by atoms with van der Waals surface area (Å²) in [7, 11) is 0. The van der Waals surface area contributed by atoms with Crippen LogP contribution in [0.5, 0.6) is 5.75 Å². The van der Waals surface area contributed by atoms with Gasteiger partial charge in [-0.2, -0.15) is 5.26 Å². The SMILES string of the molecule is CC(C)(O)c1ccc2c(c1)-c1cc(F)c(CC(C#N)NC(=O)[C@@H]3CNCCCO3)cc1OC2. The van der Waals surface area contributed by atoms with Crippen LogP contribution in [0.4, 0.5) is 4.39 Å². The van der Waals surface area contributed by atoms with E-state index in [1.54, 1.807) is 19.9 Å². The molecule has 2 heterocycles. The topological polar surface area (TPSA) is 104 Å². The number of nitrogens with zero attached hydrogens (tertiary/aromatic N) is 1. The number of hydrogen-bond donors (Lipinski definition) is 3. The smallest absolute Gasteiger partial charge is 0.251 e. The Bertz CT molecular complexity index is 1080. The zero-order valence-corrected chi connectivity index (χ0v) is 18.8. The molecule has 4 rings (SSSR count). The monoisotopic (exact) mass is 453 g/mol. The molecule has 1 amide bonds. The molecule has 2 aromatic carbocycles. The summed E-state index contributed by atoms with van der Waals surface area (Å²) in [6.07, 6.45) is 0.134. The predicted molar refractivity (Wildman–Crippen MR) is 120 cm³/mol. The summed E-state index contributed by atoms with van der Waals surface area (Å²) in [5.74, 6) is -0.370. The molecule has 0 aliphatic carbocycles. The summed E-state index contributed by atoms with van der Waals surface area (Å²) in [4.78, 5) is 12.5. The van der Waals surface area contributed by atoms with Gasteiger partial charge >= 0.3 is 0 Å². The van der Waals surface area contributed by atoms with Gasteiger partial charge in [-0.1, -0.05) is 12.1 Å². The molecule has 7 nitrogen and oxygen atoms in total. The molecule has 0 bridgehead atoms. The second-order valence-electron chi connectivity index (χ2n) is 8.97. The highest BCUT2D eigenvalue weighted by Gasteiger charge is 2.26. The van der Waals surface area contributed by atoms with E-state index in [1.165, 1.54) is 6.07 Å². The van der Waals surface area contributed by atoms with Crippen molar-refractivity contribution < 1.29 is 23.8 Å². The molecule has 8 heteroatoms. The van der Waals surface area contributed by atoms with Crippen molar-refractivity contribution in [2.75, 3.05) is 19.7 Å². The maximum absolute atomic E-state index is 15.1. The zero-order chi connectivity index (χ0) is 23.6. The maximum atomic E-state index is 15.1. The van der Waals surface area contributed by atoms with Crippen LogP contribution in [0.15, 0.2) is 30.3 Å². The van der Waals surface area contributed by atoms with E-state index in [2.05, 4.69) is 10.6 Å². The number of nitriles is 1. The minimum absolute atomic E-state index is 0.00142. The first-order chi connectivity index (χ1) is 15.8. The number of aliphatic hydroxyl groups is 1. The Hall–Kier alpha value is -2.99. The number of fused-ring (bicyclic) bond motifs is 3. The summed E-state index contributed by atoms with van der Waals surface area (Å²) < 4.78 is 26.5. The molecule has 0 saturated carbocycles. The third kappa shape index (κ3) is 5.17. The molecular formula is C25H28FN3O4. The zero-order valence-electron chi connectivity index (χ0n) is 18.8. The molecule has 1 saturated heterocycles. The fourth-order valence-corrected chi connectivity index (χ4v) is 4.07. The first-order valence-corrected chi connectivity index (χ1v) is 11.1. The standard InChI is InChI=1S/C25H28FN3O4/c1-25(2,31)17-5-4-15-14-33-22-9-16(21(26)11-20(22)19(15)10-17)8-18(12-27)29-24(30)23-13-28-6-3-7-32-23/h4-5,9-11,18,23,28,31H,3,6-8,13-14H2,1-2H3,(H,29,30)/t18?,23-/m0/s1. The molecule has 2 aliphatic rings. The second-order valence-corrected chi connectivity index (χ2v) is 8.97. The molecule has 0 aromatic heterocycles. The minimum atomic E-state index is -1.03. The van der Waals surface area contributed by atoms with Crippen LogP contribution in [-0.4, -0.2) is 42.9 Å². The number of nitrogens with one attached hydrogen (secondary N) is 2. The number of rotatable bonds is 5. The summed E-state index contributed by atoms with van der Waals surface area (Å²) in [5, 5.41) is 25.7. The third-order valence-corrected chi connectivity index (χ3v) is 5.97. The van der Waals surface area contributed by atoms with Gasteiger partial charge < -0.3 is 25.2 Å². The van der Waals surface area contributed by atoms with Crippen molar-refractivity contribution in [3.8, 4) is 22.9 Å². The molecule has 1 unspecified atom stereocenters. The van der Waals surface area contributed by atoms with Crippen molar-refractivity contribution in [3.63, 3.8) is 0 Å². The van der Waals surface area contributed by atoms with E-state index in [4.69, 9.17) is 9.47 Å². The fourth-order valence-electron chi connectivity index (χ4n) is 4.07. The lowest BCUT2D eigenvalue weighted by molar-refractivity contribution is -0.132. The lowest BCUT2D eigenvalue weighted by atomic mass is 9.89. The molecule has 174 valence electrons. The number of halogens is 1. The van der Waals surface area contributed by atoms with Crippen LogP contribution in [0.25, 0.3) is 11.1 Å². The second kappa shape index (κ2) is 9.48. The van der Waals surface area contributed by atoms with Crippen LogP contribution in [0.2, 0.25) is 0 Å². The van der Waals surface area contributed by atoms with E-state index in [0.717, 1.165) is 29.7 Å². The van der Waals surface area contributed by atoms with Crippen LogP contribution in [0.1, 0.15) is 37.0 Å². The molecule has 33 heavy (non-hydrogen) atoms. The van der Waals surface area contributed by atoms with Crippen LogP contribution in [-0.2, 0) is 28.2 Å². The van der Waals surface area contributed by atoms with Crippen LogP contribution in [0, 0.1) is 17.1 Å². The molecule has 3 N–H and O–H groups in total. The van der Waals surface area contributed by atoms with E-state index >= 15 is 4.39 Å². The van der Waals surface area contributed by atoms with Crippen molar-refractivity contribution >= 4 is 5.91 Å². The maximum Gasteiger partial charge on any atom is 0.251 e. The van der Waals surface area contributed by atoms with E-state index in [0.29, 0.717) is 31.1 Å². The number of ether oxygens (including phenoxy) is 2. The summed E-state index contributed by atoms with van der Waals surface area (Å²) in [5.41, 5.74) is 2.29. The van der Waals surface area contributed by atoms with Crippen molar-refractivity contribution in [2.45, 2.75) is 51.0 Å². The average Bonchev–Trinajstić information content (AvgIpc) is 3.08. The van der Waals surface area contributed by atoms with Gasteiger partial charge in [-0.3, -0.25) is 4.79 Å². The van der Waals surface area contributed by atoms with Gasteiger partial charge in [-0.25, -0.2) is 4.39 Å². The van der Waals surface area contributed by atoms with Crippen molar-refractivity contribution in [2.24, 2.45) is 0 Å². The van der Waals surface area contributed by atoms with Gasteiger partial charge in [-0.05, 0) is 67.3 Å². The van der Waals surface area contributed by atoms with Crippen LogP contribution in [0.3, 0.4) is 0 Å². The van der Waals surface area contributed by atoms with E-state index in [1.807, 2.05) is 24.3 Å². The lowest BCUT2D eigenvalue weighted by Gasteiger charge is -2.25. The number of benzene rings is 2. The normalized spacial score (nSPS) is 18.7. The Morgan fingerprint density at radius 3 is 2.94 bits per heavy atom. The van der Waals surface area contributed by atoms with Gasteiger partial charge in [0.2, 0.25) is 0 Å². The Balaban J connectivity index is 1.55. The Morgan fingerprint density at radius 2 is 2.18 bits per heavy atom. The minimum Gasteiger partial charge on any atom is -0.488 e. The highest BCUT2D eigenvalue weighted by molar-refractivity contribution is 5.82. The quantitative estimate of drug-likeness (QED) is 0.643. The van der Waals surface area contributed by atoms with Crippen molar-refractivity contribution in [3.05, 3.63) is 52.8 Å². The van der Waals surface area contributed by atoms with Crippen LogP contribution < -0.4 is 15.4 Å².